The number of rotatable bonds is 7. The Bertz CT molecular complexity index is 358. The van der Waals surface area contributed by atoms with Gasteiger partial charge in [0.25, 0.3) is 0 Å². The Labute approximate surface area is 133 Å². The molecule has 1 aliphatic heterocycles. The second-order valence-corrected chi connectivity index (χ2v) is 6.97. The van der Waals surface area contributed by atoms with Crippen molar-refractivity contribution in [3.63, 3.8) is 0 Å². The van der Waals surface area contributed by atoms with Crippen LogP contribution in [0.15, 0.2) is 0 Å². The van der Waals surface area contributed by atoms with E-state index in [1.165, 1.54) is 0 Å². The Morgan fingerprint density at radius 3 is 2.36 bits per heavy atom. The number of nitrogens with one attached hydrogen (secondary N) is 1. The summed E-state index contributed by atoms with van der Waals surface area (Å²) < 4.78 is 5.27. The summed E-state index contributed by atoms with van der Waals surface area (Å²) in [5.41, 5.74) is -0.458. The number of aliphatic carboxylic acids is 1. The quantitative estimate of drug-likeness (QED) is 0.706. The highest BCUT2D eigenvalue weighted by Crippen LogP contribution is 2.13. The molecule has 128 valence electrons. The van der Waals surface area contributed by atoms with Crippen molar-refractivity contribution < 1.29 is 19.4 Å². The predicted octanol–water partition coefficient (Wildman–Crippen LogP) is 2.62. The molecule has 6 nitrogen and oxygen atoms in total. The number of carbonyl (C=O) groups is 2. The van der Waals surface area contributed by atoms with Gasteiger partial charge in [0, 0.05) is 25.6 Å². The van der Waals surface area contributed by atoms with Crippen LogP contribution in [0.4, 0.5) is 4.79 Å². The highest BCUT2D eigenvalue weighted by Gasteiger charge is 2.23. The first-order valence-corrected chi connectivity index (χ1v) is 8.20. The van der Waals surface area contributed by atoms with E-state index in [0.29, 0.717) is 0 Å². The number of alkyl carbamates (subject to hydrolysis) is 1. The fourth-order valence-electron chi connectivity index (χ4n) is 2.56. The Balaban J connectivity index is 2.10. The molecule has 0 radical (unpaired) electrons. The van der Waals surface area contributed by atoms with Gasteiger partial charge in [-0.2, -0.15) is 0 Å². The number of hydrogen-bond donors (Lipinski definition) is 2. The molecule has 2 N–H and O–H groups in total. The zero-order valence-electron chi connectivity index (χ0n) is 14.1. The Morgan fingerprint density at radius 1 is 1.18 bits per heavy atom. The highest BCUT2D eigenvalue weighted by molar-refractivity contribution is 5.68. The maximum Gasteiger partial charge on any atom is 0.407 e. The molecule has 0 aromatic carbocycles. The molecule has 0 atom stereocenters. The zero-order valence-corrected chi connectivity index (χ0v) is 14.1. The van der Waals surface area contributed by atoms with Crippen LogP contribution in [0, 0.1) is 0 Å². The number of amides is 1. The van der Waals surface area contributed by atoms with Gasteiger partial charge in [-0.05, 0) is 53.0 Å². The van der Waals surface area contributed by atoms with Crippen molar-refractivity contribution in [3.05, 3.63) is 0 Å². The standard InChI is InChI=1S/C16H30N2O4/c1-16(2,3)22-15(21)17-13-8-11-18(12-9-13)10-6-4-5-7-14(19)20/h13H,4-12H2,1-3H3,(H,17,21)(H,19,20). The molecule has 0 aliphatic carbocycles. The molecule has 1 rings (SSSR count). The normalized spacial score (nSPS) is 17.2. The molecule has 1 fully saturated rings. The number of carbonyl (C=O) groups excluding carboxylic acids is 1. The number of likely N-dealkylation sites (tertiary alicyclic amines) is 1. The van der Waals surface area contributed by atoms with Crippen molar-refractivity contribution in [3.8, 4) is 0 Å². The van der Waals surface area contributed by atoms with Crippen LogP contribution in [-0.4, -0.2) is 53.3 Å². The van der Waals surface area contributed by atoms with E-state index in [0.717, 1.165) is 51.7 Å². The summed E-state index contributed by atoms with van der Waals surface area (Å²) in [5, 5.41) is 11.5. The minimum absolute atomic E-state index is 0.193. The molecule has 0 bridgehead atoms. The maximum absolute atomic E-state index is 11.7. The third-order valence-corrected chi connectivity index (χ3v) is 3.67. The fraction of sp³-hybridized carbons (Fsp3) is 0.875. The van der Waals surface area contributed by atoms with Gasteiger partial charge in [0.1, 0.15) is 5.60 Å². The molecule has 1 amide bonds. The van der Waals surface area contributed by atoms with Gasteiger partial charge < -0.3 is 20.1 Å². The molecule has 0 saturated carbocycles. The summed E-state index contributed by atoms with van der Waals surface area (Å²) in [6, 6.07) is 0.193. The van der Waals surface area contributed by atoms with E-state index >= 15 is 0 Å². The first kappa shape index (κ1) is 18.7. The van der Waals surface area contributed by atoms with Crippen LogP contribution in [0.5, 0.6) is 0 Å². The number of hydrogen-bond acceptors (Lipinski definition) is 4. The van der Waals surface area contributed by atoms with E-state index in [4.69, 9.17) is 9.84 Å². The minimum Gasteiger partial charge on any atom is -0.481 e. The lowest BCUT2D eigenvalue weighted by Gasteiger charge is -2.32. The minimum atomic E-state index is -0.714. The Hall–Kier alpha value is -1.30. The SMILES string of the molecule is CC(C)(C)OC(=O)NC1CCN(CCCCCC(=O)O)CC1. The maximum atomic E-state index is 11.7. The number of nitrogens with zero attached hydrogens (tertiary/aromatic N) is 1. The van der Waals surface area contributed by atoms with Gasteiger partial charge in [-0.25, -0.2) is 4.79 Å². The van der Waals surface area contributed by atoms with Crippen molar-refractivity contribution in [1.82, 2.24) is 10.2 Å². The molecule has 0 aromatic rings. The van der Waals surface area contributed by atoms with Gasteiger partial charge >= 0.3 is 12.1 Å². The average Bonchev–Trinajstić information content (AvgIpc) is 2.37. The first-order chi connectivity index (χ1) is 10.3. The zero-order chi connectivity index (χ0) is 16.6. The lowest BCUT2D eigenvalue weighted by atomic mass is 10.0. The molecule has 0 aromatic heterocycles. The monoisotopic (exact) mass is 314 g/mol. The van der Waals surface area contributed by atoms with E-state index in [1.54, 1.807) is 0 Å². The van der Waals surface area contributed by atoms with Crippen LogP contribution in [0.3, 0.4) is 0 Å². The van der Waals surface area contributed by atoms with E-state index in [-0.39, 0.29) is 18.6 Å². The second kappa shape index (κ2) is 8.98. The number of piperidine rings is 1. The van der Waals surface area contributed by atoms with Crippen molar-refractivity contribution >= 4 is 12.1 Å². The van der Waals surface area contributed by atoms with Gasteiger partial charge in [-0.15, -0.1) is 0 Å². The van der Waals surface area contributed by atoms with Gasteiger partial charge in [-0.3, -0.25) is 4.79 Å². The second-order valence-electron chi connectivity index (χ2n) is 6.97. The predicted molar refractivity (Wildman–Crippen MR) is 84.9 cm³/mol. The van der Waals surface area contributed by atoms with Crippen LogP contribution in [0.2, 0.25) is 0 Å². The van der Waals surface area contributed by atoms with Crippen molar-refractivity contribution in [2.45, 2.75) is 70.9 Å². The summed E-state index contributed by atoms with van der Waals surface area (Å²) in [6.07, 6.45) is 4.57. The van der Waals surface area contributed by atoms with Crippen molar-refractivity contribution in [1.29, 1.82) is 0 Å². The Kier molecular flexibility index (Phi) is 7.65. The summed E-state index contributed by atoms with van der Waals surface area (Å²) in [5.74, 6) is -0.714. The molecule has 1 saturated heterocycles. The number of carboxylic acids is 1. The molecule has 1 heterocycles. The molecule has 0 unspecified atom stereocenters. The average molecular weight is 314 g/mol. The van der Waals surface area contributed by atoms with Crippen LogP contribution in [0.1, 0.15) is 59.3 Å². The molecular weight excluding hydrogens is 284 g/mol. The van der Waals surface area contributed by atoms with Crippen LogP contribution < -0.4 is 5.32 Å². The smallest absolute Gasteiger partial charge is 0.407 e. The molecular formula is C16H30N2O4. The lowest BCUT2D eigenvalue weighted by molar-refractivity contribution is -0.137. The number of unbranched alkanes of at least 4 members (excludes halogenated alkanes) is 2. The third-order valence-electron chi connectivity index (χ3n) is 3.67. The van der Waals surface area contributed by atoms with Gasteiger partial charge in [0.05, 0.1) is 0 Å². The number of ether oxygens (including phenoxy) is 1. The Morgan fingerprint density at radius 2 is 1.82 bits per heavy atom. The molecule has 1 aliphatic rings. The van der Waals surface area contributed by atoms with Gasteiger partial charge in [0.2, 0.25) is 0 Å². The highest BCUT2D eigenvalue weighted by atomic mass is 16.6. The fourth-order valence-corrected chi connectivity index (χ4v) is 2.56. The van der Waals surface area contributed by atoms with E-state index in [2.05, 4.69) is 10.2 Å². The topological polar surface area (TPSA) is 78.9 Å². The summed E-state index contributed by atoms with van der Waals surface area (Å²) >= 11 is 0. The van der Waals surface area contributed by atoms with Crippen molar-refractivity contribution in [2.75, 3.05) is 19.6 Å². The van der Waals surface area contributed by atoms with Crippen molar-refractivity contribution in [2.24, 2.45) is 0 Å². The number of carboxylic acid groups (broad SMARTS) is 1. The molecule has 22 heavy (non-hydrogen) atoms. The third kappa shape index (κ3) is 8.87. The molecule has 0 spiro atoms. The summed E-state index contributed by atoms with van der Waals surface area (Å²) in [6.45, 7) is 8.54. The van der Waals surface area contributed by atoms with E-state index in [1.807, 2.05) is 20.8 Å². The largest absolute Gasteiger partial charge is 0.481 e. The molecule has 6 heteroatoms. The summed E-state index contributed by atoms with van der Waals surface area (Å²) in [7, 11) is 0. The van der Waals surface area contributed by atoms with E-state index < -0.39 is 11.6 Å². The lowest BCUT2D eigenvalue weighted by Crippen LogP contribution is -2.46. The van der Waals surface area contributed by atoms with Crippen LogP contribution in [-0.2, 0) is 9.53 Å². The van der Waals surface area contributed by atoms with Gasteiger partial charge in [0.15, 0.2) is 0 Å². The first-order valence-electron chi connectivity index (χ1n) is 8.20. The summed E-state index contributed by atoms with van der Waals surface area (Å²) in [4.78, 5) is 24.5. The van der Waals surface area contributed by atoms with E-state index in [9.17, 15) is 9.59 Å². The van der Waals surface area contributed by atoms with Gasteiger partial charge in [-0.1, -0.05) is 6.42 Å². The van der Waals surface area contributed by atoms with Crippen LogP contribution >= 0.6 is 0 Å². The van der Waals surface area contributed by atoms with Crippen LogP contribution in [0.25, 0.3) is 0 Å².